The molecule has 1 fully saturated rings. The molecule has 1 aliphatic heterocycles. The van der Waals surface area contributed by atoms with E-state index in [9.17, 15) is 0 Å². The van der Waals surface area contributed by atoms with Crippen molar-refractivity contribution >= 4 is 28.2 Å². The van der Waals surface area contributed by atoms with Crippen LogP contribution in [0.1, 0.15) is 13.8 Å². The zero-order chi connectivity index (χ0) is 13.2. The zero-order valence-electron chi connectivity index (χ0n) is 11.0. The van der Waals surface area contributed by atoms with Gasteiger partial charge >= 0.3 is 0 Å². The van der Waals surface area contributed by atoms with Gasteiger partial charge in [-0.3, -0.25) is 4.98 Å². The molecule has 1 aliphatic rings. The van der Waals surface area contributed by atoms with Crippen LogP contribution in [-0.2, 0) is 0 Å². The summed E-state index contributed by atoms with van der Waals surface area (Å²) >= 11 is 3.67. The number of anilines is 1. The predicted molar refractivity (Wildman–Crippen MR) is 81.9 cm³/mol. The smallest absolute Gasteiger partial charge is 0.208 e. The fourth-order valence-corrected chi connectivity index (χ4v) is 4.44. The number of nitrogens with zero attached hydrogens (tertiary/aromatic N) is 4. The van der Waals surface area contributed by atoms with E-state index in [1.807, 2.05) is 30.0 Å². The van der Waals surface area contributed by atoms with E-state index >= 15 is 0 Å². The van der Waals surface area contributed by atoms with E-state index < -0.39 is 0 Å². The Hall–Kier alpha value is -1.14. The molecule has 4 nitrogen and oxygen atoms in total. The maximum Gasteiger partial charge on any atom is 0.208 e. The fourth-order valence-electron chi connectivity index (χ4n) is 2.27. The molecule has 3 rings (SSSR count). The Morgan fingerprint density at radius 1 is 1.16 bits per heavy atom. The Bertz CT molecular complexity index is 533. The number of hydrogen-bond donors (Lipinski definition) is 0. The molecule has 6 heteroatoms. The molecule has 19 heavy (non-hydrogen) atoms. The van der Waals surface area contributed by atoms with Crippen LogP contribution < -0.4 is 4.90 Å². The molecule has 1 saturated heterocycles. The highest BCUT2D eigenvalue weighted by Crippen LogP contribution is 2.32. The maximum atomic E-state index is 4.33. The van der Waals surface area contributed by atoms with E-state index in [1.54, 1.807) is 17.5 Å². The molecule has 0 radical (unpaired) electrons. The molecular weight excluding hydrogens is 276 g/mol. The second-order valence-electron chi connectivity index (χ2n) is 4.77. The summed E-state index contributed by atoms with van der Waals surface area (Å²) in [6, 6.07) is 5.86. The Morgan fingerprint density at radius 2 is 1.95 bits per heavy atom. The van der Waals surface area contributed by atoms with Crippen LogP contribution in [0.2, 0.25) is 0 Å². The molecule has 0 aliphatic carbocycles. The number of pyridine rings is 1. The summed E-state index contributed by atoms with van der Waals surface area (Å²) < 4.78 is 0. The SMILES string of the molecule is CC1CN(c2nnc(-c3ccccn3)s2)CC(C)S1. The Morgan fingerprint density at radius 3 is 2.63 bits per heavy atom. The first-order valence-electron chi connectivity index (χ1n) is 6.37. The van der Waals surface area contributed by atoms with Gasteiger partial charge in [0.25, 0.3) is 0 Å². The number of hydrogen-bond acceptors (Lipinski definition) is 6. The van der Waals surface area contributed by atoms with Crippen LogP contribution in [0.15, 0.2) is 24.4 Å². The van der Waals surface area contributed by atoms with E-state index in [-0.39, 0.29) is 0 Å². The summed E-state index contributed by atoms with van der Waals surface area (Å²) in [6.45, 7) is 6.64. The van der Waals surface area contributed by atoms with Gasteiger partial charge in [-0.15, -0.1) is 10.2 Å². The van der Waals surface area contributed by atoms with Crippen LogP contribution in [0, 0.1) is 0 Å². The average molecular weight is 292 g/mol. The quantitative estimate of drug-likeness (QED) is 0.851. The van der Waals surface area contributed by atoms with E-state index in [4.69, 9.17) is 0 Å². The highest BCUT2D eigenvalue weighted by molar-refractivity contribution is 8.00. The molecule has 2 unspecified atom stereocenters. The first-order chi connectivity index (χ1) is 9.22. The van der Waals surface area contributed by atoms with Gasteiger partial charge in [0, 0.05) is 29.8 Å². The van der Waals surface area contributed by atoms with Crippen molar-refractivity contribution in [3.05, 3.63) is 24.4 Å². The van der Waals surface area contributed by atoms with Gasteiger partial charge in [0.2, 0.25) is 5.13 Å². The van der Waals surface area contributed by atoms with E-state index in [2.05, 4.69) is 33.9 Å². The number of aromatic nitrogens is 3. The second kappa shape index (κ2) is 5.46. The molecule has 2 atom stereocenters. The number of rotatable bonds is 2. The highest BCUT2D eigenvalue weighted by atomic mass is 32.2. The lowest BCUT2D eigenvalue weighted by molar-refractivity contribution is 0.721. The normalized spacial score (nSPS) is 23.6. The molecule has 2 aromatic heterocycles. The molecule has 0 N–H and O–H groups in total. The van der Waals surface area contributed by atoms with Crippen LogP contribution in [0.5, 0.6) is 0 Å². The third kappa shape index (κ3) is 2.90. The summed E-state index contributed by atoms with van der Waals surface area (Å²) in [7, 11) is 0. The number of thioether (sulfide) groups is 1. The van der Waals surface area contributed by atoms with Crippen molar-refractivity contribution in [2.75, 3.05) is 18.0 Å². The molecule has 0 spiro atoms. The predicted octanol–water partition coefficient (Wildman–Crippen LogP) is 2.93. The van der Waals surface area contributed by atoms with Gasteiger partial charge in [-0.2, -0.15) is 11.8 Å². The van der Waals surface area contributed by atoms with Gasteiger partial charge in [-0.05, 0) is 12.1 Å². The Labute approximate surface area is 121 Å². The largest absolute Gasteiger partial charge is 0.344 e. The van der Waals surface area contributed by atoms with Gasteiger partial charge in [-0.1, -0.05) is 31.3 Å². The first-order valence-corrected chi connectivity index (χ1v) is 8.13. The zero-order valence-corrected chi connectivity index (χ0v) is 12.6. The molecule has 3 heterocycles. The van der Waals surface area contributed by atoms with Crippen molar-refractivity contribution in [3.63, 3.8) is 0 Å². The Balaban J connectivity index is 1.81. The third-order valence-electron chi connectivity index (χ3n) is 2.99. The molecular formula is C13H16N4S2. The first kappa shape index (κ1) is 12.9. The van der Waals surface area contributed by atoms with Crippen LogP contribution in [0.3, 0.4) is 0 Å². The molecule has 2 aromatic rings. The van der Waals surface area contributed by atoms with E-state index in [0.717, 1.165) is 28.9 Å². The minimum Gasteiger partial charge on any atom is -0.344 e. The van der Waals surface area contributed by atoms with Crippen LogP contribution in [-0.4, -0.2) is 38.8 Å². The summed E-state index contributed by atoms with van der Waals surface area (Å²) in [5.41, 5.74) is 0.902. The summed E-state index contributed by atoms with van der Waals surface area (Å²) in [4.78, 5) is 6.67. The molecule has 0 amide bonds. The minimum atomic E-state index is 0.644. The summed E-state index contributed by atoms with van der Waals surface area (Å²) in [5.74, 6) is 0. The molecule has 0 saturated carbocycles. The second-order valence-corrected chi connectivity index (χ2v) is 7.60. The lowest BCUT2D eigenvalue weighted by Gasteiger charge is -2.33. The van der Waals surface area contributed by atoms with Crippen molar-refractivity contribution in [3.8, 4) is 10.7 Å². The van der Waals surface area contributed by atoms with Crippen LogP contribution in [0.25, 0.3) is 10.7 Å². The van der Waals surface area contributed by atoms with Crippen molar-refractivity contribution in [1.29, 1.82) is 0 Å². The lowest BCUT2D eigenvalue weighted by atomic mass is 10.3. The van der Waals surface area contributed by atoms with Crippen LogP contribution >= 0.6 is 23.1 Å². The summed E-state index contributed by atoms with van der Waals surface area (Å²) in [5, 5.41) is 11.8. The van der Waals surface area contributed by atoms with Crippen molar-refractivity contribution in [2.24, 2.45) is 0 Å². The van der Waals surface area contributed by atoms with Gasteiger partial charge in [0.05, 0.1) is 0 Å². The monoisotopic (exact) mass is 292 g/mol. The maximum absolute atomic E-state index is 4.33. The van der Waals surface area contributed by atoms with Crippen molar-refractivity contribution < 1.29 is 0 Å². The highest BCUT2D eigenvalue weighted by Gasteiger charge is 2.25. The summed E-state index contributed by atoms with van der Waals surface area (Å²) in [6.07, 6.45) is 1.79. The van der Waals surface area contributed by atoms with E-state index in [1.165, 1.54) is 0 Å². The minimum absolute atomic E-state index is 0.644. The van der Waals surface area contributed by atoms with Gasteiger partial charge in [0.1, 0.15) is 5.69 Å². The van der Waals surface area contributed by atoms with E-state index in [0.29, 0.717) is 10.5 Å². The Kier molecular flexibility index (Phi) is 3.70. The van der Waals surface area contributed by atoms with Gasteiger partial charge in [-0.25, -0.2) is 0 Å². The van der Waals surface area contributed by atoms with Gasteiger partial charge < -0.3 is 4.90 Å². The van der Waals surface area contributed by atoms with Crippen LogP contribution in [0.4, 0.5) is 5.13 Å². The molecule has 0 bridgehead atoms. The average Bonchev–Trinajstić information content (AvgIpc) is 2.88. The third-order valence-corrected chi connectivity index (χ3v) is 5.22. The molecule has 0 aromatic carbocycles. The topological polar surface area (TPSA) is 41.9 Å². The van der Waals surface area contributed by atoms with Gasteiger partial charge in [0.15, 0.2) is 5.01 Å². The van der Waals surface area contributed by atoms with Crippen molar-refractivity contribution in [1.82, 2.24) is 15.2 Å². The standard InChI is InChI=1S/C13H16N4S2/c1-9-7-17(8-10(2)18-9)13-16-15-12(19-13)11-5-3-4-6-14-11/h3-6,9-10H,7-8H2,1-2H3. The molecule has 100 valence electrons. The van der Waals surface area contributed by atoms with Crippen molar-refractivity contribution in [2.45, 2.75) is 24.3 Å². The fraction of sp³-hybridized carbons (Fsp3) is 0.462. The lowest BCUT2D eigenvalue weighted by Crippen LogP contribution is -2.40.